The van der Waals surface area contributed by atoms with E-state index >= 15 is 0 Å². The van der Waals surface area contributed by atoms with Crippen molar-refractivity contribution in [1.82, 2.24) is 15.8 Å². The molecule has 6 heteroatoms. The van der Waals surface area contributed by atoms with E-state index in [9.17, 15) is 14.0 Å². The predicted molar refractivity (Wildman–Crippen MR) is 69.9 cm³/mol. The van der Waals surface area contributed by atoms with Gasteiger partial charge in [-0.15, -0.1) is 0 Å². The Kier molecular flexibility index (Phi) is 4.39. The molecular formula is C14H12FN3O2. The number of nitrogens with one attached hydrogen (secondary N) is 2. The monoisotopic (exact) mass is 273 g/mol. The zero-order chi connectivity index (χ0) is 14.4. The summed E-state index contributed by atoms with van der Waals surface area (Å²) < 4.78 is 12.9. The van der Waals surface area contributed by atoms with Gasteiger partial charge in [-0.25, -0.2) is 4.39 Å². The van der Waals surface area contributed by atoms with E-state index < -0.39 is 17.6 Å². The van der Waals surface area contributed by atoms with E-state index in [1.807, 2.05) is 0 Å². The Bertz CT molecular complexity index is 617. The summed E-state index contributed by atoms with van der Waals surface area (Å²) in [6.45, 7) is 0. The minimum Gasteiger partial charge on any atom is -0.273 e. The summed E-state index contributed by atoms with van der Waals surface area (Å²) in [6, 6.07) is 8.90. The number of benzene rings is 1. The second-order valence-corrected chi connectivity index (χ2v) is 4.05. The van der Waals surface area contributed by atoms with Crippen LogP contribution < -0.4 is 10.9 Å². The summed E-state index contributed by atoms with van der Waals surface area (Å²) in [6.07, 6.45) is 2.90. The summed E-state index contributed by atoms with van der Waals surface area (Å²) in [5.41, 5.74) is 5.38. The molecule has 0 saturated heterocycles. The van der Waals surface area contributed by atoms with Gasteiger partial charge in [0.2, 0.25) is 5.91 Å². The van der Waals surface area contributed by atoms with E-state index in [0.717, 1.165) is 0 Å². The lowest BCUT2D eigenvalue weighted by Gasteiger charge is -2.07. The number of aromatic nitrogens is 1. The largest absolute Gasteiger partial charge is 0.273 e. The first-order valence-corrected chi connectivity index (χ1v) is 5.89. The van der Waals surface area contributed by atoms with Crippen molar-refractivity contribution >= 4 is 11.8 Å². The van der Waals surface area contributed by atoms with Crippen LogP contribution in [0.2, 0.25) is 0 Å². The molecule has 0 aliphatic rings. The quantitative estimate of drug-likeness (QED) is 0.826. The summed E-state index contributed by atoms with van der Waals surface area (Å²) in [4.78, 5) is 27.0. The molecule has 0 aliphatic heterocycles. The average Bonchev–Trinajstić information content (AvgIpc) is 2.46. The Balaban J connectivity index is 1.85. The van der Waals surface area contributed by atoms with Gasteiger partial charge in [0.05, 0.1) is 12.0 Å². The number of rotatable bonds is 3. The van der Waals surface area contributed by atoms with Crippen LogP contribution in [0.15, 0.2) is 48.8 Å². The van der Waals surface area contributed by atoms with Crippen molar-refractivity contribution in [2.45, 2.75) is 6.42 Å². The fraction of sp³-hybridized carbons (Fsp3) is 0.0714. The van der Waals surface area contributed by atoms with Crippen LogP contribution >= 0.6 is 0 Å². The molecular weight excluding hydrogens is 261 g/mol. The van der Waals surface area contributed by atoms with Gasteiger partial charge in [0.25, 0.3) is 5.91 Å². The fourth-order valence-corrected chi connectivity index (χ4v) is 1.57. The first-order chi connectivity index (χ1) is 9.65. The van der Waals surface area contributed by atoms with Crippen LogP contribution in [0.1, 0.15) is 15.9 Å². The molecule has 0 radical (unpaired) electrons. The highest BCUT2D eigenvalue weighted by atomic mass is 19.1. The van der Waals surface area contributed by atoms with Crippen LogP contribution in [-0.2, 0) is 11.2 Å². The predicted octanol–water partition coefficient (Wildman–Crippen LogP) is 1.22. The molecule has 102 valence electrons. The second-order valence-electron chi connectivity index (χ2n) is 4.05. The minimum atomic E-state index is -0.467. The van der Waals surface area contributed by atoms with E-state index in [1.165, 1.54) is 24.4 Å². The van der Waals surface area contributed by atoms with E-state index in [1.54, 1.807) is 24.4 Å². The summed E-state index contributed by atoms with van der Waals surface area (Å²) in [5.74, 6) is -1.31. The normalized spacial score (nSPS) is 9.85. The van der Waals surface area contributed by atoms with E-state index in [0.29, 0.717) is 11.1 Å². The van der Waals surface area contributed by atoms with Crippen molar-refractivity contribution in [3.05, 3.63) is 65.7 Å². The third kappa shape index (κ3) is 3.88. The maximum atomic E-state index is 12.9. The number of carbonyl (C=O) groups excluding carboxylic acids is 2. The molecule has 2 aromatic rings. The first-order valence-electron chi connectivity index (χ1n) is 5.89. The molecule has 5 nitrogen and oxygen atoms in total. The SMILES string of the molecule is O=C(Cc1cccc(F)c1)NNC(=O)c1cccnc1. The number of amides is 2. The number of hydrogen-bond acceptors (Lipinski definition) is 3. The number of pyridine rings is 1. The molecule has 20 heavy (non-hydrogen) atoms. The van der Waals surface area contributed by atoms with Crippen LogP contribution in [0.25, 0.3) is 0 Å². The number of hydrogen-bond donors (Lipinski definition) is 2. The highest BCUT2D eigenvalue weighted by molar-refractivity contribution is 5.95. The topological polar surface area (TPSA) is 71.1 Å². The fourth-order valence-electron chi connectivity index (χ4n) is 1.57. The Morgan fingerprint density at radius 3 is 2.70 bits per heavy atom. The molecule has 2 rings (SSSR count). The Hall–Kier alpha value is -2.76. The maximum Gasteiger partial charge on any atom is 0.271 e. The molecule has 1 heterocycles. The average molecular weight is 273 g/mol. The Morgan fingerprint density at radius 1 is 1.15 bits per heavy atom. The van der Waals surface area contributed by atoms with Crippen molar-refractivity contribution < 1.29 is 14.0 Å². The third-order valence-electron chi connectivity index (χ3n) is 2.49. The molecule has 2 amide bonds. The lowest BCUT2D eigenvalue weighted by atomic mass is 10.1. The first kappa shape index (κ1) is 13.7. The van der Waals surface area contributed by atoms with Gasteiger partial charge < -0.3 is 0 Å². The number of carbonyl (C=O) groups is 2. The van der Waals surface area contributed by atoms with E-state index in [-0.39, 0.29) is 6.42 Å². The van der Waals surface area contributed by atoms with Gasteiger partial charge in [-0.2, -0.15) is 0 Å². The van der Waals surface area contributed by atoms with Crippen LogP contribution in [0.3, 0.4) is 0 Å². The van der Waals surface area contributed by atoms with Gasteiger partial charge in [0.1, 0.15) is 5.82 Å². The van der Waals surface area contributed by atoms with Crippen molar-refractivity contribution in [3.8, 4) is 0 Å². The zero-order valence-electron chi connectivity index (χ0n) is 10.5. The number of hydrazine groups is 1. The molecule has 1 aromatic carbocycles. The van der Waals surface area contributed by atoms with Crippen LogP contribution in [0.5, 0.6) is 0 Å². The van der Waals surface area contributed by atoms with Gasteiger partial charge in [-0.1, -0.05) is 12.1 Å². The van der Waals surface area contributed by atoms with Crippen molar-refractivity contribution in [1.29, 1.82) is 0 Å². The van der Waals surface area contributed by atoms with Crippen LogP contribution in [-0.4, -0.2) is 16.8 Å². The standard InChI is InChI=1S/C14H12FN3O2/c15-12-5-1-3-10(7-12)8-13(19)17-18-14(20)11-4-2-6-16-9-11/h1-7,9H,8H2,(H,17,19)(H,18,20). The van der Waals surface area contributed by atoms with Crippen molar-refractivity contribution in [2.24, 2.45) is 0 Å². The lowest BCUT2D eigenvalue weighted by molar-refractivity contribution is -0.121. The molecule has 0 unspecified atom stereocenters. The lowest BCUT2D eigenvalue weighted by Crippen LogP contribution is -2.42. The van der Waals surface area contributed by atoms with Crippen LogP contribution in [0.4, 0.5) is 4.39 Å². The van der Waals surface area contributed by atoms with Gasteiger partial charge in [0, 0.05) is 12.4 Å². The number of halogens is 1. The van der Waals surface area contributed by atoms with Crippen LogP contribution in [0, 0.1) is 5.82 Å². The molecule has 0 spiro atoms. The van der Waals surface area contributed by atoms with E-state index in [4.69, 9.17) is 0 Å². The Labute approximate surface area is 114 Å². The molecule has 1 aromatic heterocycles. The van der Waals surface area contributed by atoms with Crippen molar-refractivity contribution in [3.63, 3.8) is 0 Å². The molecule has 0 fully saturated rings. The molecule has 0 saturated carbocycles. The number of nitrogens with zero attached hydrogens (tertiary/aromatic N) is 1. The second kappa shape index (κ2) is 6.42. The van der Waals surface area contributed by atoms with Crippen molar-refractivity contribution in [2.75, 3.05) is 0 Å². The molecule has 0 atom stereocenters. The zero-order valence-corrected chi connectivity index (χ0v) is 10.5. The van der Waals surface area contributed by atoms with Gasteiger partial charge in [0.15, 0.2) is 0 Å². The Morgan fingerprint density at radius 2 is 2.00 bits per heavy atom. The van der Waals surface area contributed by atoms with Gasteiger partial charge >= 0.3 is 0 Å². The highest BCUT2D eigenvalue weighted by Crippen LogP contribution is 2.03. The summed E-state index contributed by atoms with van der Waals surface area (Å²) >= 11 is 0. The summed E-state index contributed by atoms with van der Waals surface area (Å²) in [7, 11) is 0. The summed E-state index contributed by atoms with van der Waals surface area (Å²) in [5, 5.41) is 0. The molecule has 0 aliphatic carbocycles. The van der Waals surface area contributed by atoms with Gasteiger partial charge in [-0.3, -0.25) is 25.4 Å². The van der Waals surface area contributed by atoms with E-state index in [2.05, 4.69) is 15.8 Å². The molecule has 2 N–H and O–H groups in total. The van der Waals surface area contributed by atoms with Gasteiger partial charge in [-0.05, 0) is 29.8 Å². The maximum absolute atomic E-state index is 12.9. The minimum absolute atomic E-state index is 0.0227. The third-order valence-corrected chi connectivity index (χ3v) is 2.49. The highest BCUT2D eigenvalue weighted by Gasteiger charge is 2.08. The smallest absolute Gasteiger partial charge is 0.271 e. The molecule has 0 bridgehead atoms.